The van der Waals surface area contributed by atoms with Crippen LogP contribution >= 0.6 is 0 Å². The first-order valence-corrected chi connectivity index (χ1v) is 3.60. The lowest BCUT2D eigenvalue weighted by Crippen LogP contribution is -1.84. The highest BCUT2D eigenvalue weighted by Crippen LogP contribution is 2.11. The molecule has 0 aliphatic rings. The molecule has 1 unspecified atom stereocenters. The summed E-state index contributed by atoms with van der Waals surface area (Å²) >= 11 is 0. The SMILES string of the molecule is [2H]CC([2H])Cc1ccc(OC)cc1. The van der Waals surface area contributed by atoms with E-state index in [0.29, 0.717) is 6.42 Å². The van der Waals surface area contributed by atoms with E-state index in [1.165, 1.54) is 0 Å². The summed E-state index contributed by atoms with van der Waals surface area (Å²) < 4.78 is 19.5. The molecule has 1 nitrogen and oxygen atoms in total. The number of rotatable bonds is 3. The number of benzene rings is 1. The van der Waals surface area contributed by atoms with E-state index in [2.05, 4.69) is 0 Å². The van der Waals surface area contributed by atoms with Crippen LogP contribution < -0.4 is 4.74 Å². The van der Waals surface area contributed by atoms with Crippen molar-refractivity contribution in [3.63, 3.8) is 0 Å². The molecule has 60 valence electrons. The molecule has 0 aliphatic carbocycles. The fraction of sp³-hybridized carbons (Fsp3) is 0.400. The molecule has 0 amide bonds. The fourth-order valence-electron chi connectivity index (χ4n) is 0.928. The van der Waals surface area contributed by atoms with Crippen molar-refractivity contribution in [1.82, 2.24) is 0 Å². The van der Waals surface area contributed by atoms with Crippen LogP contribution in [0.25, 0.3) is 0 Å². The highest BCUT2D eigenvalue weighted by atomic mass is 16.5. The Morgan fingerprint density at radius 2 is 2.18 bits per heavy atom. The third-order valence-corrected chi connectivity index (χ3v) is 1.54. The minimum Gasteiger partial charge on any atom is -0.497 e. The van der Waals surface area contributed by atoms with Gasteiger partial charge in [-0.2, -0.15) is 0 Å². The van der Waals surface area contributed by atoms with E-state index in [0.717, 1.165) is 11.3 Å². The molecule has 0 radical (unpaired) electrons. The predicted molar refractivity (Wildman–Crippen MR) is 47.0 cm³/mol. The average molecular weight is 152 g/mol. The number of methoxy groups -OCH3 is 1. The van der Waals surface area contributed by atoms with E-state index in [4.69, 9.17) is 7.48 Å². The van der Waals surface area contributed by atoms with Gasteiger partial charge in [0.2, 0.25) is 0 Å². The maximum Gasteiger partial charge on any atom is 0.118 e. The first-order chi connectivity index (χ1) is 6.26. The van der Waals surface area contributed by atoms with Gasteiger partial charge < -0.3 is 4.74 Å². The summed E-state index contributed by atoms with van der Waals surface area (Å²) in [4.78, 5) is 0. The van der Waals surface area contributed by atoms with Crippen molar-refractivity contribution in [2.24, 2.45) is 0 Å². The standard InChI is InChI=1S/C10H14O/c1-3-4-9-5-7-10(11-2)8-6-9/h5-8H,3-4H2,1-2H3/i1D,3D. The second kappa shape index (κ2) is 4.02. The third kappa shape index (κ3) is 2.26. The number of ether oxygens (including phenoxy) is 1. The largest absolute Gasteiger partial charge is 0.497 e. The molecule has 1 heteroatoms. The van der Waals surface area contributed by atoms with E-state index < -0.39 is 0 Å². The van der Waals surface area contributed by atoms with Gasteiger partial charge in [0.05, 0.1) is 7.11 Å². The molecule has 0 bridgehead atoms. The maximum atomic E-state index is 7.44. The van der Waals surface area contributed by atoms with Crippen LogP contribution in [0.2, 0.25) is 0 Å². The highest BCUT2D eigenvalue weighted by Gasteiger charge is 1.91. The summed E-state index contributed by atoms with van der Waals surface area (Å²) in [6.45, 7) is 0.159. The van der Waals surface area contributed by atoms with Gasteiger partial charge in [0.15, 0.2) is 0 Å². The number of aryl methyl sites for hydroxylation is 1. The molecule has 0 fully saturated rings. The molecular weight excluding hydrogens is 136 g/mol. The van der Waals surface area contributed by atoms with Crippen molar-refractivity contribution in [2.45, 2.75) is 19.7 Å². The summed E-state index contributed by atoms with van der Waals surface area (Å²) in [7, 11) is 1.63. The molecule has 1 aromatic carbocycles. The van der Waals surface area contributed by atoms with Crippen molar-refractivity contribution < 1.29 is 7.48 Å². The molecule has 0 aromatic heterocycles. The van der Waals surface area contributed by atoms with Crippen LogP contribution in [0.1, 0.15) is 21.6 Å². The van der Waals surface area contributed by atoms with E-state index in [9.17, 15) is 0 Å². The fourth-order valence-corrected chi connectivity index (χ4v) is 0.928. The summed E-state index contributed by atoms with van der Waals surface area (Å²) in [5, 5.41) is 0. The molecule has 1 aromatic rings. The zero-order valence-electron chi connectivity index (χ0n) is 8.71. The summed E-state index contributed by atoms with van der Waals surface area (Å²) in [5.41, 5.74) is 1.09. The quantitative estimate of drug-likeness (QED) is 0.647. The summed E-state index contributed by atoms with van der Waals surface area (Å²) in [5.74, 6) is 0.830. The lowest BCUT2D eigenvalue weighted by atomic mass is 10.1. The van der Waals surface area contributed by atoms with Crippen LogP contribution in [0, 0.1) is 0 Å². The van der Waals surface area contributed by atoms with Crippen molar-refractivity contribution in [1.29, 1.82) is 0 Å². The van der Waals surface area contributed by atoms with Crippen molar-refractivity contribution >= 4 is 0 Å². The van der Waals surface area contributed by atoms with Gasteiger partial charge >= 0.3 is 0 Å². The molecule has 0 saturated heterocycles. The Morgan fingerprint density at radius 1 is 1.45 bits per heavy atom. The third-order valence-electron chi connectivity index (χ3n) is 1.54. The normalized spacial score (nSPS) is 15.0. The second-order valence-electron chi connectivity index (χ2n) is 2.34. The average Bonchev–Trinajstić information content (AvgIpc) is 2.19. The highest BCUT2D eigenvalue weighted by molar-refractivity contribution is 5.27. The van der Waals surface area contributed by atoms with E-state index in [1.54, 1.807) is 7.11 Å². The Balaban J connectivity index is 2.58. The van der Waals surface area contributed by atoms with Gasteiger partial charge in [0.25, 0.3) is 0 Å². The zero-order chi connectivity index (χ0) is 9.68. The lowest BCUT2D eigenvalue weighted by Gasteiger charge is -2.00. The molecular formula is C10H14O. The first-order valence-electron chi connectivity index (χ1n) is 4.89. The lowest BCUT2D eigenvalue weighted by molar-refractivity contribution is 0.414. The first kappa shape index (κ1) is 5.64. The van der Waals surface area contributed by atoms with Crippen molar-refractivity contribution in [2.75, 3.05) is 7.11 Å². The van der Waals surface area contributed by atoms with Crippen LogP contribution in [0.15, 0.2) is 24.3 Å². The van der Waals surface area contributed by atoms with Crippen LogP contribution in [-0.2, 0) is 6.42 Å². The van der Waals surface area contributed by atoms with Crippen LogP contribution in [0.4, 0.5) is 0 Å². The van der Waals surface area contributed by atoms with Crippen LogP contribution in [-0.4, -0.2) is 7.11 Å². The summed E-state index contributed by atoms with van der Waals surface area (Å²) in [6.07, 6.45) is 0.335. The predicted octanol–water partition coefficient (Wildman–Crippen LogP) is 2.65. The van der Waals surface area contributed by atoms with Gasteiger partial charge in [-0.1, -0.05) is 25.4 Å². The molecule has 0 aliphatic heterocycles. The van der Waals surface area contributed by atoms with Crippen molar-refractivity contribution in [3.05, 3.63) is 29.8 Å². The minimum absolute atomic E-state index is 0.159. The second-order valence-corrected chi connectivity index (χ2v) is 2.34. The molecule has 0 N–H and O–H groups in total. The van der Waals surface area contributed by atoms with Crippen LogP contribution in [0.5, 0.6) is 5.75 Å². The van der Waals surface area contributed by atoms with Gasteiger partial charge in [-0.15, -0.1) is 0 Å². The van der Waals surface area contributed by atoms with Gasteiger partial charge in [0.1, 0.15) is 5.75 Å². The van der Waals surface area contributed by atoms with E-state index >= 15 is 0 Å². The number of hydrogen-bond acceptors (Lipinski definition) is 1. The smallest absolute Gasteiger partial charge is 0.118 e. The molecule has 11 heavy (non-hydrogen) atoms. The van der Waals surface area contributed by atoms with E-state index in [-0.39, 0.29) is 13.3 Å². The Hall–Kier alpha value is -0.980. The molecule has 0 spiro atoms. The van der Waals surface area contributed by atoms with Crippen molar-refractivity contribution in [3.8, 4) is 5.75 Å². The Bertz CT molecular complexity index is 246. The molecule has 1 atom stereocenters. The zero-order valence-corrected chi connectivity index (χ0v) is 6.71. The van der Waals surface area contributed by atoms with Crippen LogP contribution in [0.3, 0.4) is 0 Å². The molecule has 1 rings (SSSR count). The summed E-state index contributed by atoms with van der Waals surface area (Å²) in [6, 6.07) is 7.64. The topological polar surface area (TPSA) is 9.23 Å². The maximum absolute atomic E-state index is 7.44. The Morgan fingerprint density at radius 3 is 2.73 bits per heavy atom. The Kier molecular flexibility index (Phi) is 2.06. The van der Waals surface area contributed by atoms with Gasteiger partial charge in [-0.25, -0.2) is 0 Å². The van der Waals surface area contributed by atoms with E-state index in [1.807, 2.05) is 24.3 Å². The van der Waals surface area contributed by atoms with Gasteiger partial charge in [-0.05, 0) is 24.1 Å². The monoisotopic (exact) mass is 152 g/mol. The molecule has 0 heterocycles. The van der Waals surface area contributed by atoms with Gasteiger partial charge in [0, 0.05) is 2.74 Å². The van der Waals surface area contributed by atoms with Gasteiger partial charge in [-0.3, -0.25) is 0 Å². The minimum atomic E-state index is -0.312. The molecule has 0 saturated carbocycles. The number of hydrogen-bond donors (Lipinski definition) is 0. The Labute approximate surface area is 70.8 Å².